The number of hydrogen-bond donors (Lipinski definition) is 2. The van der Waals surface area contributed by atoms with Crippen LogP contribution >= 0.6 is 34.8 Å². The number of halogens is 3. The average Bonchev–Trinajstić information content (AvgIpc) is 2.10. The van der Waals surface area contributed by atoms with E-state index < -0.39 is 17.4 Å². The third kappa shape index (κ3) is 4.84. The van der Waals surface area contributed by atoms with Gasteiger partial charge in [-0.3, -0.25) is 4.79 Å². The minimum Gasteiger partial charge on any atom is -0.481 e. The van der Waals surface area contributed by atoms with Crippen molar-refractivity contribution >= 4 is 40.8 Å². The van der Waals surface area contributed by atoms with Gasteiger partial charge in [-0.05, 0) is 24.0 Å². The molecule has 3 N–H and O–H groups in total. The Kier molecular flexibility index (Phi) is 5.51. The van der Waals surface area contributed by atoms with E-state index in [1.165, 1.54) is 0 Å². The summed E-state index contributed by atoms with van der Waals surface area (Å²) in [5, 5.41) is 10.1. The standard InChI is InChI=1S/C13H16Cl3NO2/c1-13(2,6-11(18)19)5-10(17)12-8(15)3-7(14)4-9(12)16/h3-4,10H,5-6,17H2,1-2H3,(H,18,19). The molecular formula is C13H16Cl3NO2. The van der Waals surface area contributed by atoms with Gasteiger partial charge in [0.1, 0.15) is 0 Å². The molecule has 0 amide bonds. The Morgan fingerprint density at radius 3 is 2.21 bits per heavy atom. The zero-order valence-electron chi connectivity index (χ0n) is 10.7. The fourth-order valence-electron chi connectivity index (χ4n) is 2.09. The van der Waals surface area contributed by atoms with Gasteiger partial charge in [0, 0.05) is 26.7 Å². The Bertz CT molecular complexity index is 466. The Morgan fingerprint density at radius 2 is 1.79 bits per heavy atom. The Hall–Kier alpha value is -0.480. The lowest BCUT2D eigenvalue weighted by Crippen LogP contribution is -2.24. The zero-order chi connectivity index (χ0) is 14.8. The summed E-state index contributed by atoms with van der Waals surface area (Å²) in [7, 11) is 0. The second kappa shape index (κ2) is 6.31. The lowest BCUT2D eigenvalue weighted by Gasteiger charge is -2.27. The fraction of sp³-hybridized carbons (Fsp3) is 0.462. The molecule has 0 fully saturated rings. The first-order valence-corrected chi connectivity index (χ1v) is 6.87. The molecule has 0 aliphatic heterocycles. The maximum Gasteiger partial charge on any atom is 0.303 e. The van der Waals surface area contributed by atoms with Crippen molar-refractivity contribution in [1.82, 2.24) is 0 Å². The van der Waals surface area contributed by atoms with Gasteiger partial charge in [-0.1, -0.05) is 48.7 Å². The number of hydrogen-bond acceptors (Lipinski definition) is 2. The largest absolute Gasteiger partial charge is 0.481 e. The summed E-state index contributed by atoms with van der Waals surface area (Å²) in [6, 6.07) is 2.72. The molecule has 19 heavy (non-hydrogen) atoms. The van der Waals surface area contributed by atoms with Crippen molar-refractivity contribution in [3.05, 3.63) is 32.8 Å². The van der Waals surface area contributed by atoms with Crippen molar-refractivity contribution < 1.29 is 9.90 Å². The van der Waals surface area contributed by atoms with Crippen LogP contribution in [-0.4, -0.2) is 11.1 Å². The summed E-state index contributed by atoms with van der Waals surface area (Å²) >= 11 is 18.0. The lowest BCUT2D eigenvalue weighted by atomic mass is 9.81. The number of rotatable bonds is 5. The van der Waals surface area contributed by atoms with Gasteiger partial charge in [0.25, 0.3) is 0 Å². The number of benzene rings is 1. The number of nitrogens with two attached hydrogens (primary N) is 1. The molecule has 106 valence electrons. The summed E-state index contributed by atoms with van der Waals surface area (Å²) in [5.74, 6) is -0.856. The molecule has 1 rings (SSSR count). The Labute approximate surface area is 127 Å². The second-order valence-corrected chi connectivity index (χ2v) is 6.58. The molecule has 0 bridgehead atoms. The zero-order valence-corrected chi connectivity index (χ0v) is 13.0. The highest BCUT2D eigenvalue weighted by molar-refractivity contribution is 6.39. The van der Waals surface area contributed by atoms with Gasteiger partial charge in [0.15, 0.2) is 0 Å². The van der Waals surface area contributed by atoms with Crippen molar-refractivity contribution in [2.45, 2.75) is 32.7 Å². The Morgan fingerprint density at radius 1 is 1.32 bits per heavy atom. The highest BCUT2D eigenvalue weighted by Crippen LogP contribution is 2.38. The van der Waals surface area contributed by atoms with Crippen LogP contribution in [0.2, 0.25) is 15.1 Å². The molecule has 1 unspecified atom stereocenters. The number of carboxylic acids is 1. The number of carbonyl (C=O) groups is 1. The molecule has 3 nitrogen and oxygen atoms in total. The van der Waals surface area contributed by atoms with Gasteiger partial charge >= 0.3 is 5.97 Å². The molecule has 1 aromatic rings. The van der Waals surface area contributed by atoms with Crippen LogP contribution < -0.4 is 5.73 Å². The Balaban J connectivity index is 2.95. The summed E-state index contributed by atoms with van der Waals surface area (Å²) in [6.45, 7) is 3.69. The van der Waals surface area contributed by atoms with E-state index >= 15 is 0 Å². The summed E-state index contributed by atoms with van der Waals surface area (Å²) in [6.07, 6.45) is 0.490. The molecular weight excluding hydrogens is 309 g/mol. The van der Waals surface area contributed by atoms with Crippen molar-refractivity contribution in [2.24, 2.45) is 11.1 Å². The number of aliphatic carboxylic acids is 1. The molecule has 0 radical (unpaired) electrons. The van der Waals surface area contributed by atoms with E-state index in [1.54, 1.807) is 12.1 Å². The first kappa shape index (κ1) is 16.6. The van der Waals surface area contributed by atoms with Crippen molar-refractivity contribution in [3.8, 4) is 0 Å². The summed E-state index contributed by atoms with van der Waals surface area (Å²) < 4.78 is 0. The van der Waals surface area contributed by atoms with E-state index in [2.05, 4.69) is 0 Å². The van der Waals surface area contributed by atoms with Crippen LogP contribution in [0.5, 0.6) is 0 Å². The maximum absolute atomic E-state index is 10.8. The van der Waals surface area contributed by atoms with Crippen LogP contribution in [0.15, 0.2) is 12.1 Å². The predicted octanol–water partition coefficient (Wildman–Crippen LogP) is 4.54. The van der Waals surface area contributed by atoms with Gasteiger partial charge in [-0.15, -0.1) is 0 Å². The predicted molar refractivity (Wildman–Crippen MR) is 79.1 cm³/mol. The number of carboxylic acid groups (broad SMARTS) is 1. The highest BCUT2D eigenvalue weighted by Gasteiger charge is 2.27. The molecule has 6 heteroatoms. The molecule has 0 heterocycles. The molecule has 0 saturated heterocycles. The summed E-state index contributed by atoms with van der Waals surface area (Å²) in [5.41, 5.74) is 6.26. The van der Waals surface area contributed by atoms with Crippen LogP contribution in [-0.2, 0) is 4.79 Å². The van der Waals surface area contributed by atoms with Gasteiger partial charge in [0.05, 0.1) is 6.42 Å². The molecule has 1 atom stereocenters. The topological polar surface area (TPSA) is 63.3 Å². The van der Waals surface area contributed by atoms with Gasteiger partial charge < -0.3 is 10.8 Å². The van der Waals surface area contributed by atoms with Gasteiger partial charge in [-0.2, -0.15) is 0 Å². The SMILES string of the molecule is CC(C)(CC(=O)O)CC(N)c1c(Cl)cc(Cl)cc1Cl. The monoisotopic (exact) mass is 323 g/mol. The third-order valence-electron chi connectivity index (χ3n) is 2.82. The minimum atomic E-state index is -0.856. The molecule has 0 aliphatic rings. The van der Waals surface area contributed by atoms with E-state index in [-0.39, 0.29) is 6.42 Å². The quantitative estimate of drug-likeness (QED) is 0.836. The van der Waals surface area contributed by atoms with Crippen molar-refractivity contribution in [1.29, 1.82) is 0 Å². The van der Waals surface area contributed by atoms with E-state index in [0.717, 1.165) is 0 Å². The fourth-order valence-corrected chi connectivity index (χ4v) is 3.18. The van der Waals surface area contributed by atoms with Crippen LogP contribution in [0.4, 0.5) is 0 Å². The summed E-state index contributed by atoms with van der Waals surface area (Å²) in [4.78, 5) is 10.8. The molecule has 0 saturated carbocycles. The first-order valence-electron chi connectivity index (χ1n) is 5.74. The lowest BCUT2D eigenvalue weighted by molar-refractivity contribution is -0.139. The minimum absolute atomic E-state index is 0.0313. The van der Waals surface area contributed by atoms with E-state index in [0.29, 0.717) is 27.1 Å². The van der Waals surface area contributed by atoms with Gasteiger partial charge in [-0.25, -0.2) is 0 Å². The van der Waals surface area contributed by atoms with Crippen LogP contribution in [0.1, 0.15) is 38.3 Å². The maximum atomic E-state index is 10.8. The van der Waals surface area contributed by atoms with E-state index in [4.69, 9.17) is 45.6 Å². The molecule has 0 spiro atoms. The molecule has 0 aliphatic carbocycles. The van der Waals surface area contributed by atoms with E-state index in [1.807, 2.05) is 13.8 Å². The van der Waals surface area contributed by atoms with Crippen molar-refractivity contribution in [3.63, 3.8) is 0 Å². The second-order valence-electron chi connectivity index (χ2n) is 5.33. The normalized spacial score (nSPS) is 13.4. The molecule has 1 aromatic carbocycles. The average molecular weight is 325 g/mol. The van der Waals surface area contributed by atoms with Crippen molar-refractivity contribution in [2.75, 3.05) is 0 Å². The van der Waals surface area contributed by atoms with Gasteiger partial charge in [0.2, 0.25) is 0 Å². The van der Waals surface area contributed by atoms with Crippen LogP contribution in [0.25, 0.3) is 0 Å². The van der Waals surface area contributed by atoms with Crippen LogP contribution in [0, 0.1) is 5.41 Å². The molecule has 0 aromatic heterocycles. The van der Waals surface area contributed by atoms with Crippen LogP contribution in [0.3, 0.4) is 0 Å². The first-order chi connectivity index (χ1) is 8.62. The van der Waals surface area contributed by atoms with E-state index in [9.17, 15) is 4.79 Å². The smallest absolute Gasteiger partial charge is 0.303 e. The highest BCUT2D eigenvalue weighted by atomic mass is 35.5. The third-order valence-corrected chi connectivity index (χ3v) is 3.66.